The zero-order valence-electron chi connectivity index (χ0n) is 14.4. The van der Waals surface area contributed by atoms with Crippen LogP contribution >= 0.6 is 0 Å². The molecule has 1 aliphatic rings. The van der Waals surface area contributed by atoms with Crippen LogP contribution < -0.4 is 15.5 Å². The van der Waals surface area contributed by atoms with Crippen LogP contribution in [0.4, 0.5) is 11.5 Å². The summed E-state index contributed by atoms with van der Waals surface area (Å²) in [7, 11) is 0. The van der Waals surface area contributed by atoms with Crippen molar-refractivity contribution in [2.24, 2.45) is 0 Å². The molecule has 0 radical (unpaired) electrons. The Morgan fingerprint density at radius 2 is 2.12 bits per heavy atom. The maximum Gasteiger partial charge on any atom is 0.154 e. The first kappa shape index (κ1) is 17.0. The molecule has 1 aliphatic heterocycles. The van der Waals surface area contributed by atoms with Crippen molar-refractivity contribution in [3.8, 4) is 0 Å². The summed E-state index contributed by atoms with van der Waals surface area (Å²) in [4.78, 5) is 6.76. The Labute approximate surface area is 148 Å². The molecular weight excluding hydrogens is 312 g/mol. The van der Waals surface area contributed by atoms with Crippen LogP contribution in [0.5, 0.6) is 0 Å². The van der Waals surface area contributed by atoms with Crippen molar-refractivity contribution in [3.05, 3.63) is 67.7 Å². The van der Waals surface area contributed by atoms with Gasteiger partial charge in [0.25, 0.3) is 0 Å². The van der Waals surface area contributed by atoms with E-state index in [1.54, 1.807) is 12.4 Å². The molecule has 3 rings (SSSR count). The van der Waals surface area contributed by atoms with Crippen molar-refractivity contribution in [1.82, 2.24) is 19.9 Å². The number of hydrogen-bond acceptors (Lipinski definition) is 5. The highest BCUT2D eigenvalue weighted by atomic mass is 15.3. The number of nitrogens with zero attached hydrogens (tertiary/aromatic N) is 4. The van der Waals surface area contributed by atoms with Crippen molar-refractivity contribution in [2.75, 3.05) is 42.9 Å². The van der Waals surface area contributed by atoms with Crippen molar-refractivity contribution in [3.63, 3.8) is 0 Å². The van der Waals surface area contributed by atoms with E-state index in [1.165, 1.54) is 5.69 Å². The van der Waals surface area contributed by atoms with Crippen LogP contribution in [0.3, 0.4) is 0 Å². The summed E-state index contributed by atoms with van der Waals surface area (Å²) in [6, 6.07) is 2.14. The molecule has 1 saturated heterocycles. The smallest absolute Gasteiger partial charge is 0.154 e. The third-order valence-corrected chi connectivity index (χ3v) is 4.15. The Morgan fingerprint density at radius 3 is 2.88 bits per heavy atom. The minimum absolute atomic E-state index is 0.645. The Morgan fingerprint density at radius 1 is 1.28 bits per heavy atom. The standard InChI is InChI=1S/C19H24N6/c1-3-5-6-7-16(4-2)13-21-19-18-12-17(14-25(18)23-15-22-19)24-10-8-20-9-11-24/h3-7,12,14-15,20H,1-2,8-11,13H2,(H,21,22,23)/b6-5-,16-7+. The lowest BCUT2D eigenvalue weighted by atomic mass is 10.2. The second-order valence-corrected chi connectivity index (χ2v) is 5.79. The highest BCUT2D eigenvalue weighted by molar-refractivity contribution is 5.73. The quantitative estimate of drug-likeness (QED) is 0.761. The average molecular weight is 336 g/mol. The molecule has 3 heterocycles. The molecule has 6 heteroatoms. The Bertz CT molecular complexity index is 795. The summed E-state index contributed by atoms with van der Waals surface area (Å²) in [5.74, 6) is 0.817. The van der Waals surface area contributed by atoms with Gasteiger partial charge in [0, 0.05) is 32.7 Å². The maximum absolute atomic E-state index is 4.40. The monoisotopic (exact) mass is 336 g/mol. The SMILES string of the molecule is C=C/C=C\C=C(/C=C)CNc1ncnn2cc(N3CCNCC3)cc12. The van der Waals surface area contributed by atoms with E-state index in [1.807, 2.05) is 28.8 Å². The van der Waals surface area contributed by atoms with Crippen LogP contribution in [-0.4, -0.2) is 47.3 Å². The molecular formula is C19H24N6. The molecule has 6 nitrogen and oxygen atoms in total. The molecule has 0 bridgehead atoms. The highest BCUT2D eigenvalue weighted by Gasteiger charge is 2.14. The zero-order chi connectivity index (χ0) is 17.5. The number of aromatic nitrogens is 3. The van der Waals surface area contributed by atoms with Crippen LogP contribution in [0.15, 0.2) is 67.7 Å². The van der Waals surface area contributed by atoms with Crippen molar-refractivity contribution in [1.29, 1.82) is 0 Å². The first-order chi connectivity index (χ1) is 12.3. The second-order valence-electron chi connectivity index (χ2n) is 5.79. The number of allylic oxidation sites excluding steroid dienone is 4. The summed E-state index contributed by atoms with van der Waals surface area (Å²) < 4.78 is 1.88. The molecule has 1 fully saturated rings. The van der Waals surface area contributed by atoms with Gasteiger partial charge in [-0.05, 0) is 11.6 Å². The molecule has 0 aromatic carbocycles. The molecule has 2 aromatic rings. The number of piperazine rings is 1. The summed E-state index contributed by atoms with van der Waals surface area (Å²) in [5, 5.41) is 11.1. The van der Waals surface area contributed by atoms with Gasteiger partial charge in [0.1, 0.15) is 11.8 Å². The fourth-order valence-corrected chi connectivity index (χ4v) is 2.79. The lowest BCUT2D eigenvalue weighted by molar-refractivity contribution is 0.589. The molecule has 130 valence electrons. The van der Waals surface area contributed by atoms with Gasteiger partial charge in [0.15, 0.2) is 5.82 Å². The van der Waals surface area contributed by atoms with Crippen LogP contribution in [0.2, 0.25) is 0 Å². The second kappa shape index (κ2) is 8.30. The largest absolute Gasteiger partial charge is 0.368 e. The summed E-state index contributed by atoms with van der Waals surface area (Å²) >= 11 is 0. The molecule has 2 N–H and O–H groups in total. The predicted octanol–water partition coefficient (Wildman–Crippen LogP) is 2.41. The van der Waals surface area contributed by atoms with E-state index < -0.39 is 0 Å². The Balaban J connectivity index is 1.78. The van der Waals surface area contributed by atoms with E-state index >= 15 is 0 Å². The van der Waals surface area contributed by atoms with E-state index in [0.717, 1.165) is 43.1 Å². The van der Waals surface area contributed by atoms with Crippen LogP contribution in [0.1, 0.15) is 0 Å². The molecule has 0 spiro atoms. The molecule has 0 amide bonds. The van der Waals surface area contributed by atoms with Crippen LogP contribution in [0, 0.1) is 0 Å². The summed E-state index contributed by atoms with van der Waals surface area (Å²) in [6.45, 7) is 12.2. The number of nitrogens with one attached hydrogen (secondary N) is 2. The third kappa shape index (κ3) is 4.16. The zero-order valence-corrected chi connectivity index (χ0v) is 14.4. The minimum Gasteiger partial charge on any atom is -0.368 e. The van der Waals surface area contributed by atoms with Gasteiger partial charge in [-0.15, -0.1) is 0 Å². The Hall–Kier alpha value is -2.86. The van der Waals surface area contributed by atoms with Gasteiger partial charge in [-0.3, -0.25) is 0 Å². The van der Waals surface area contributed by atoms with E-state index in [4.69, 9.17) is 0 Å². The van der Waals surface area contributed by atoms with E-state index in [-0.39, 0.29) is 0 Å². The normalized spacial score (nSPS) is 15.7. The lowest BCUT2D eigenvalue weighted by Gasteiger charge is -2.28. The van der Waals surface area contributed by atoms with E-state index in [0.29, 0.717) is 6.54 Å². The van der Waals surface area contributed by atoms with Crippen molar-refractivity contribution in [2.45, 2.75) is 0 Å². The molecule has 0 atom stereocenters. The van der Waals surface area contributed by atoms with Gasteiger partial charge in [0.05, 0.1) is 11.9 Å². The van der Waals surface area contributed by atoms with Crippen LogP contribution in [-0.2, 0) is 0 Å². The molecule has 0 saturated carbocycles. The topological polar surface area (TPSA) is 57.5 Å². The Kier molecular flexibility index (Phi) is 5.64. The van der Waals surface area contributed by atoms with Gasteiger partial charge in [-0.2, -0.15) is 5.10 Å². The van der Waals surface area contributed by atoms with Gasteiger partial charge < -0.3 is 15.5 Å². The summed E-state index contributed by atoms with van der Waals surface area (Å²) in [6.07, 6.45) is 13.1. The van der Waals surface area contributed by atoms with Crippen LogP contribution in [0.25, 0.3) is 5.52 Å². The predicted molar refractivity (Wildman–Crippen MR) is 104 cm³/mol. The molecule has 2 aromatic heterocycles. The average Bonchev–Trinajstić information content (AvgIpc) is 3.10. The minimum atomic E-state index is 0.645. The number of hydrogen-bond donors (Lipinski definition) is 2. The molecule has 0 unspecified atom stereocenters. The summed E-state index contributed by atoms with van der Waals surface area (Å²) in [5.41, 5.74) is 3.23. The maximum atomic E-state index is 4.40. The van der Waals surface area contributed by atoms with Gasteiger partial charge in [0.2, 0.25) is 0 Å². The van der Waals surface area contributed by atoms with Crippen molar-refractivity contribution >= 4 is 17.0 Å². The van der Waals surface area contributed by atoms with Crippen molar-refractivity contribution < 1.29 is 0 Å². The first-order valence-electron chi connectivity index (χ1n) is 8.45. The number of fused-ring (bicyclic) bond motifs is 1. The lowest BCUT2D eigenvalue weighted by Crippen LogP contribution is -2.43. The van der Waals surface area contributed by atoms with Gasteiger partial charge in [-0.25, -0.2) is 9.50 Å². The van der Waals surface area contributed by atoms with E-state index in [2.05, 4.69) is 51.0 Å². The van der Waals surface area contributed by atoms with Gasteiger partial charge >= 0.3 is 0 Å². The first-order valence-corrected chi connectivity index (χ1v) is 8.45. The highest BCUT2D eigenvalue weighted by Crippen LogP contribution is 2.23. The van der Waals surface area contributed by atoms with E-state index in [9.17, 15) is 0 Å². The molecule has 25 heavy (non-hydrogen) atoms. The number of rotatable bonds is 7. The molecule has 0 aliphatic carbocycles. The fraction of sp³-hybridized carbons (Fsp3) is 0.263. The third-order valence-electron chi connectivity index (χ3n) is 4.15. The fourth-order valence-electron chi connectivity index (χ4n) is 2.79. The van der Waals surface area contributed by atoms with Gasteiger partial charge in [-0.1, -0.05) is 43.5 Å². The number of anilines is 2.